The summed E-state index contributed by atoms with van der Waals surface area (Å²) in [6.07, 6.45) is 4.81. The van der Waals surface area contributed by atoms with Crippen LogP contribution in [0.25, 0.3) is 0 Å². The van der Waals surface area contributed by atoms with Gasteiger partial charge in [-0.05, 0) is 131 Å². The van der Waals surface area contributed by atoms with E-state index in [-0.39, 0.29) is 34.9 Å². The van der Waals surface area contributed by atoms with Gasteiger partial charge in [-0.15, -0.1) is 0 Å². The van der Waals surface area contributed by atoms with Crippen LogP contribution in [0, 0.1) is 0 Å². The van der Waals surface area contributed by atoms with Gasteiger partial charge in [-0.2, -0.15) is 5.10 Å². The maximum Gasteiger partial charge on any atom is 0.311 e. The summed E-state index contributed by atoms with van der Waals surface area (Å²) in [5.74, 6) is 0.669. The third-order valence-corrected chi connectivity index (χ3v) is 18.1. The molecule has 0 heterocycles. The summed E-state index contributed by atoms with van der Waals surface area (Å²) in [5, 5.41) is 10.6. The molecule has 0 atom stereocenters. The van der Waals surface area contributed by atoms with Crippen molar-refractivity contribution in [1.82, 2.24) is 20.1 Å². The van der Waals surface area contributed by atoms with E-state index in [1.165, 1.54) is 0 Å². The van der Waals surface area contributed by atoms with E-state index in [0.29, 0.717) is 108 Å². The number of aliphatic imine (C=N–C) groups is 7. The molecule has 0 fully saturated rings. The SMILES string of the molecule is CC(=O)C/C(C)=N/N(C)C.CC(=O)CC(C)=NCCN.CC(=O)CC(C)=NCCN(C)C.CC(CC(=O)[Si](C)(C)C)=NCCN.CCCN=C(C)CC(=O)OCC.CCN(CC)CCN=C(C)CC(C)=O.CNCCN=C(C)CC(C)=O.C[Si](C)(C)C(=O)CC(=NCCN)[Si](C)(C)C. The summed E-state index contributed by atoms with van der Waals surface area (Å²) >= 11 is 0. The molecule has 0 saturated carbocycles. The Balaban J connectivity index is -0.000000158. The zero-order chi connectivity index (χ0) is 78.2. The molecule has 0 radical (unpaired) electrons. The third kappa shape index (κ3) is 92.8. The number of nitrogens with one attached hydrogen (secondary N) is 1. The normalized spacial score (nSPS) is 12.4. The van der Waals surface area contributed by atoms with Crippen LogP contribution >= 0.6 is 0 Å². The molecule has 0 aromatic heterocycles. The zero-order valence-corrected chi connectivity index (χ0v) is 71.0. The van der Waals surface area contributed by atoms with Crippen LogP contribution in [0.15, 0.2) is 40.0 Å². The van der Waals surface area contributed by atoms with Crippen molar-refractivity contribution >= 4 is 115 Å². The van der Waals surface area contributed by atoms with Crippen LogP contribution in [0.1, 0.15) is 169 Å². The molecule has 0 aromatic rings. The van der Waals surface area contributed by atoms with Crippen LogP contribution in [0.3, 0.4) is 0 Å². The maximum atomic E-state index is 12.1. The molecule has 7 N–H and O–H groups in total. The van der Waals surface area contributed by atoms with E-state index in [9.17, 15) is 38.4 Å². The molecule has 0 spiro atoms. The van der Waals surface area contributed by atoms with Crippen molar-refractivity contribution in [3.05, 3.63) is 0 Å². The first-order chi connectivity index (χ1) is 45.1. The quantitative estimate of drug-likeness (QED) is 0.0146. The molecule has 0 rings (SSSR count). The number of rotatable bonds is 40. The molecule has 24 nitrogen and oxygen atoms in total. The Morgan fingerprint density at radius 1 is 0.388 bits per heavy atom. The van der Waals surface area contributed by atoms with Gasteiger partial charge in [-0.1, -0.05) is 79.7 Å². The second kappa shape index (κ2) is 68.8. The number of Topliss-reactive ketones (excluding diaryl/α,β-unsaturated/α-hetero) is 5. The van der Waals surface area contributed by atoms with Crippen molar-refractivity contribution in [3.8, 4) is 0 Å². The molecule has 0 aromatic carbocycles. The Hall–Kier alpha value is -5.27. The zero-order valence-electron chi connectivity index (χ0n) is 68.0. The number of ketones is 5. The van der Waals surface area contributed by atoms with E-state index < -0.39 is 24.2 Å². The molecule has 98 heavy (non-hydrogen) atoms. The summed E-state index contributed by atoms with van der Waals surface area (Å²) in [6.45, 7) is 60.5. The van der Waals surface area contributed by atoms with Gasteiger partial charge in [0.15, 0.2) is 0 Å². The van der Waals surface area contributed by atoms with E-state index in [0.717, 1.165) is 111 Å². The first kappa shape index (κ1) is 109. The number of hydrogen-bond donors (Lipinski definition) is 4. The van der Waals surface area contributed by atoms with Crippen molar-refractivity contribution in [2.45, 2.75) is 227 Å². The van der Waals surface area contributed by atoms with Gasteiger partial charge in [0.2, 0.25) is 0 Å². The van der Waals surface area contributed by atoms with Crippen LogP contribution in [-0.4, -0.2) is 270 Å². The first-order valence-corrected chi connectivity index (χ1v) is 45.2. The van der Waals surface area contributed by atoms with Crippen LogP contribution in [-0.2, 0) is 43.1 Å². The number of hydrogen-bond acceptors (Lipinski definition) is 24. The van der Waals surface area contributed by atoms with Gasteiger partial charge < -0.3 is 51.7 Å². The fraction of sp³-hybridized carbons (Fsp3) is 0.775. The maximum absolute atomic E-state index is 12.1. The van der Waals surface area contributed by atoms with Gasteiger partial charge in [0.1, 0.15) is 55.9 Å². The monoisotopic (exact) mass is 1440 g/mol. The Morgan fingerprint density at radius 3 is 1.01 bits per heavy atom. The van der Waals surface area contributed by atoms with Gasteiger partial charge in [-0.3, -0.25) is 63.7 Å². The van der Waals surface area contributed by atoms with E-state index in [2.05, 4.69) is 135 Å². The highest BCUT2D eigenvalue weighted by atomic mass is 28.3. The van der Waals surface area contributed by atoms with Gasteiger partial charge in [0, 0.05) is 150 Å². The fourth-order valence-electron chi connectivity index (χ4n) is 7.14. The Morgan fingerprint density at radius 2 is 0.704 bits per heavy atom. The molecule has 0 aliphatic heterocycles. The van der Waals surface area contributed by atoms with Gasteiger partial charge in [0.25, 0.3) is 0 Å². The second-order valence-corrected chi connectivity index (χ2v) is 42.5. The van der Waals surface area contributed by atoms with Crippen LogP contribution < -0.4 is 22.5 Å². The molecule has 0 saturated heterocycles. The minimum absolute atomic E-state index is 0.151. The molecular formula is C71H147N15O9Si3. The van der Waals surface area contributed by atoms with Gasteiger partial charge in [-0.25, -0.2) is 0 Å². The number of esters is 1. The molecule has 0 unspecified atom stereocenters. The van der Waals surface area contributed by atoms with E-state index >= 15 is 0 Å². The fourth-order valence-corrected chi connectivity index (χ4v) is 10.1. The average Bonchev–Trinajstić information content (AvgIpc) is 0.864. The van der Waals surface area contributed by atoms with Crippen molar-refractivity contribution in [2.75, 3.05) is 140 Å². The molecule has 27 heteroatoms. The highest BCUT2D eigenvalue weighted by Gasteiger charge is 2.30. The standard InChI is InChI=1S/C11H26N2OSi2.C11H22N2O.C9H20N2OSi.C9H18N2O.C9H17NO2.C8H16N2O.2C7H14N2O/c1-15(2,3)10(13-8-7-12)9-11(14)16(4,5)6;1-5-13(6-2)8-7-12-10(3)9-11(4)14;1-8(11-6-5-10)7-9(12)13(2,3)4;1-8(7-9(2)12)10-5-6-11(3)4;1-4-6-10-8(3)7-9(11)12-5-2;1-7(6-8(2)11)10-5-4-9-3;1-6(5-7(2)10)8-9(3)4;1-6(5-7(2)10)9-4-3-8/h7-9,12H2,1-6H3;5-9H2,1-4H3;5-7,10H2,1-4H3;5-7H2,1-4H3;4-7H2,1-3H3;9H,4-6H2,1-3H3;5H2,1-4H3;3-5,8H2,1-2H3/b;;;;;;8-6+;. The molecule has 572 valence electrons. The highest BCUT2D eigenvalue weighted by Crippen LogP contribution is 2.13. The minimum Gasteiger partial charge on any atom is -0.466 e. The topological polar surface area (TPSA) is 344 Å². The third-order valence-electron chi connectivity index (χ3n) is 12.3. The number of hydrazone groups is 1. The lowest BCUT2D eigenvalue weighted by molar-refractivity contribution is -0.141. The smallest absolute Gasteiger partial charge is 0.311 e. The predicted molar refractivity (Wildman–Crippen MR) is 432 cm³/mol. The Labute approximate surface area is 600 Å². The summed E-state index contributed by atoms with van der Waals surface area (Å²) in [4.78, 5) is 122. The second-order valence-electron chi connectivity index (χ2n) is 27.3. The van der Waals surface area contributed by atoms with E-state index in [4.69, 9.17) is 21.9 Å². The van der Waals surface area contributed by atoms with Gasteiger partial charge in [0.05, 0.1) is 60.4 Å². The van der Waals surface area contributed by atoms with E-state index in [1.54, 1.807) is 46.6 Å². The lowest BCUT2D eigenvalue weighted by atomic mass is 10.2. The number of likely N-dealkylation sites (N-methyl/N-ethyl adjacent to an activating group) is 3. The van der Waals surface area contributed by atoms with Crippen LogP contribution in [0.2, 0.25) is 58.9 Å². The summed E-state index contributed by atoms with van der Waals surface area (Å²) in [6, 6.07) is 0. The van der Waals surface area contributed by atoms with Crippen molar-refractivity contribution < 1.29 is 43.1 Å². The van der Waals surface area contributed by atoms with E-state index in [1.807, 2.05) is 83.7 Å². The van der Waals surface area contributed by atoms with Crippen molar-refractivity contribution in [2.24, 2.45) is 57.2 Å². The number of carbonyl (C=O) groups is 8. The predicted octanol–water partition coefficient (Wildman–Crippen LogP) is 9.84. The molecular weight excluding hydrogens is 1290 g/mol. The number of nitrogens with two attached hydrogens (primary N) is 3. The molecule has 0 aliphatic carbocycles. The minimum atomic E-state index is -1.67. The summed E-state index contributed by atoms with van der Waals surface area (Å²) < 4.78 is 4.77. The lowest BCUT2D eigenvalue weighted by Crippen LogP contribution is -2.41. The number of carbonyl (C=O) groups excluding carboxylic acids is 8. The lowest BCUT2D eigenvalue weighted by Gasteiger charge is -2.22. The average molecular weight is 1440 g/mol. The van der Waals surface area contributed by atoms with Crippen molar-refractivity contribution in [3.63, 3.8) is 0 Å². The first-order valence-electron chi connectivity index (χ1n) is 34.7. The Kier molecular flexibility index (Phi) is 76.4. The Bertz CT molecular complexity index is 2450. The largest absolute Gasteiger partial charge is 0.466 e. The molecule has 0 bridgehead atoms. The van der Waals surface area contributed by atoms with Crippen LogP contribution in [0.4, 0.5) is 0 Å². The molecule has 0 aliphatic rings. The molecule has 0 amide bonds. The van der Waals surface area contributed by atoms with Crippen LogP contribution in [0.5, 0.6) is 0 Å². The summed E-state index contributed by atoms with van der Waals surface area (Å²) in [5.41, 5.74) is 22.3. The van der Waals surface area contributed by atoms with Gasteiger partial charge >= 0.3 is 5.97 Å². The summed E-state index contributed by atoms with van der Waals surface area (Å²) in [7, 11) is 4.82. The number of ether oxygens (including phenoxy) is 1. The van der Waals surface area contributed by atoms with Crippen molar-refractivity contribution in [1.29, 1.82) is 0 Å². The highest BCUT2D eigenvalue weighted by molar-refractivity contribution is 7.09. The number of nitrogens with zero attached hydrogens (tertiary/aromatic N) is 11.